The van der Waals surface area contributed by atoms with Crippen LogP contribution in [-0.4, -0.2) is 31.0 Å². The van der Waals surface area contributed by atoms with Crippen molar-refractivity contribution in [3.8, 4) is 23.8 Å². The summed E-state index contributed by atoms with van der Waals surface area (Å²) in [4.78, 5) is 0. The van der Waals surface area contributed by atoms with E-state index in [4.69, 9.17) is 15.9 Å². The fraction of sp³-hybridized carbons (Fsp3) is 0.467. The molecule has 0 saturated carbocycles. The van der Waals surface area contributed by atoms with Crippen molar-refractivity contribution in [1.82, 2.24) is 5.32 Å². The number of aliphatic hydroxyl groups excluding tert-OH is 1. The number of ether oxygens (including phenoxy) is 2. The number of methoxy groups -OCH3 is 1. The third-order valence-corrected chi connectivity index (χ3v) is 2.71. The maximum absolute atomic E-state index is 9.19. The second kappa shape index (κ2) is 8.70. The van der Waals surface area contributed by atoms with Gasteiger partial charge >= 0.3 is 0 Å². The number of nitrogens with one attached hydrogen (secondary N) is 1. The predicted molar refractivity (Wildman–Crippen MR) is 82.6 cm³/mol. The van der Waals surface area contributed by atoms with Crippen LogP contribution in [0.5, 0.6) is 11.5 Å². The van der Waals surface area contributed by atoms with Crippen molar-refractivity contribution in [2.75, 3.05) is 20.3 Å². The van der Waals surface area contributed by atoms with Crippen LogP contribution in [0.2, 0.25) is 0 Å². The van der Waals surface area contributed by atoms with E-state index < -0.39 is 0 Å². The molecule has 0 bridgehead atoms. The van der Waals surface area contributed by atoms with E-state index in [1.165, 1.54) is 0 Å². The molecule has 5 heteroatoms. The first kappa shape index (κ1) is 18.6. The molecule has 20 heavy (non-hydrogen) atoms. The summed E-state index contributed by atoms with van der Waals surface area (Å²) >= 11 is 0. The first-order valence-corrected chi connectivity index (χ1v) is 6.11. The first-order valence-electron chi connectivity index (χ1n) is 6.11. The van der Waals surface area contributed by atoms with E-state index in [-0.39, 0.29) is 31.2 Å². The minimum Gasteiger partial charge on any atom is -0.493 e. The summed E-state index contributed by atoms with van der Waals surface area (Å²) < 4.78 is 10.6. The van der Waals surface area contributed by atoms with Crippen molar-refractivity contribution in [3.05, 3.63) is 23.8 Å². The minimum atomic E-state index is -0.314. The lowest BCUT2D eigenvalue weighted by Crippen LogP contribution is -2.42. The summed E-state index contributed by atoms with van der Waals surface area (Å²) in [6.07, 6.45) is 5.16. The minimum absolute atomic E-state index is 0. The Morgan fingerprint density at radius 1 is 1.35 bits per heavy atom. The highest BCUT2D eigenvalue weighted by molar-refractivity contribution is 5.85. The van der Waals surface area contributed by atoms with E-state index in [0.717, 1.165) is 5.56 Å². The van der Waals surface area contributed by atoms with Gasteiger partial charge in [0.25, 0.3) is 0 Å². The van der Waals surface area contributed by atoms with Gasteiger partial charge in [0.2, 0.25) is 0 Å². The van der Waals surface area contributed by atoms with E-state index in [1.807, 2.05) is 32.0 Å². The lowest BCUT2D eigenvalue weighted by molar-refractivity contribution is 0.187. The maximum atomic E-state index is 9.19. The Balaban J connectivity index is 0.00000361. The Morgan fingerprint density at radius 2 is 2.05 bits per heavy atom. The average Bonchev–Trinajstić information content (AvgIpc) is 2.43. The van der Waals surface area contributed by atoms with Gasteiger partial charge < -0.3 is 19.9 Å². The zero-order chi connectivity index (χ0) is 14.3. The van der Waals surface area contributed by atoms with Crippen molar-refractivity contribution in [2.45, 2.75) is 25.9 Å². The van der Waals surface area contributed by atoms with Crippen LogP contribution in [0.25, 0.3) is 0 Å². The largest absolute Gasteiger partial charge is 0.493 e. The van der Waals surface area contributed by atoms with Gasteiger partial charge in [-0.05, 0) is 31.5 Å². The van der Waals surface area contributed by atoms with Gasteiger partial charge in [-0.15, -0.1) is 18.8 Å². The molecular weight excluding hydrogens is 278 g/mol. The van der Waals surface area contributed by atoms with Gasteiger partial charge in [0.1, 0.15) is 6.61 Å². The molecule has 1 aromatic carbocycles. The normalized spacial score (nSPS) is 10.3. The highest BCUT2D eigenvalue weighted by Crippen LogP contribution is 2.28. The van der Waals surface area contributed by atoms with E-state index in [2.05, 4.69) is 11.2 Å². The fourth-order valence-corrected chi connectivity index (χ4v) is 1.46. The summed E-state index contributed by atoms with van der Waals surface area (Å²) in [5.41, 5.74) is 0.734. The highest BCUT2D eigenvalue weighted by Gasteiger charge is 2.15. The molecule has 0 aliphatic heterocycles. The average molecular weight is 300 g/mol. The lowest BCUT2D eigenvalue weighted by atomic mass is 10.1. The maximum Gasteiger partial charge on any atom is 0.162 e. The molecule has 0 aliphatic rings. The number of aliphatic hydroxyl groups is 1. The summed E-state index contributed by atoms with van der Waals surface area (Å²) in [6.45, 7) is 4.81. The van der Waals surface area contributed by atoms with Crippen LogP contribution in [-0.2, 0) is 6.54 Å². The summed E-state index contributed by atoms with van der Waals surface area (Å²) in [5.74, 6) is 3.70. The van der Waals surface area contributed by atoms with Gasteiger partial charge in [0.05, 0.1) is 13.7 Å². The van der Waals surface area contributed by atoms with Gasteiger partial charge in [-0.2, -0.15) is 0 Å². The fourth-order valence-electron chi connectivity index (χ4n) is 1.46. The molecule has 2 N–H and O–H groups in total. The van der Waals surface area contributed by atoms with Gasteiger partial charge in [-0.25, -0.2) is 0 Å². The smallest absolute Gasteiger partial charge is 0.162 e. The molecular formula is C15H22ClNO3. The zero-order valence-electron chi connectivity index (χ0n) is 12.1. The molecule has 1 rings (SSSR count). The Hall–Kier alpha value is -1.41. The summed E-state index contributed by atoms with van der Waals surface area (Å²) in [5, 5.41) is 12.4. The third-order valence-electron chi connectivity index (χ3n) is 2.71. The van der Waals surface area contributed by atoms with Gasteiger partial charge in [-0.3, -0.25) is 0 Å². The van der Waals surface area contributed by atoms with Crippen molar-refractivity contribution in [2.24, 2.45) is 0 Å². The van der Waals surface area contributed by atoms with Crippen LogP contribution in [0, 0.1) is 12.3 Å². The zero-order valence-corrected chi connectivity index (χ0v) is 12.9. The second-order valence-corrected chi connectivity index (χ2v) is 4.87. The molecule has 0 radical (unpaired) electrons. The number of rotatable bonds is 7. The predicted octanol–water partition coefficient (Wildman–Crippen LogP) is 1.99. The molecule has 0 saturated heterocycles. The number of benzene rings is 1. The Labute approximate surface area is 126 Å². The van der Waals surface area contributed by atoms with E-state index in [1.54, 1.807) is 7.11 Å². The van der Waals surface area contributed by atoms with E-state index in [9.17, 15) is 5.11 Å². The molecule has 0 unspecified atom stereocenters. The van der Waals surface area contributed by atoms with Crippen LogP contribution in [0.4, 0.5) is 0 Å². The molecule has 0 aromatic heterocycles. The molecule has 0 aliphatic carbocycles. The molecule has 0 atom stereocenters. The second-order valence-electron chi connectivity index (χ2n) is 4.87. The number of terminal acetylenes is 1. The molecule has 112 valence electrons. The Kier molecular flexibility index (Phi) is 8.09. The number of hydrogen-bond acceptors (Lipinski definition) is 4. The highest BCUT2D eigenvalue weighted by atomic mass is 35.5. The van der Waals surface area contributed by atoms with Gasteiger partial charge in [-0.1, -0.05) is 12.0 Å². The standard InChI is InChI=1S/C15H21NO3.ClH/c1-5-8-19-13-7-6-12(9-14(13)18-4)10-16-15(2,3)11-17;/h1,6-7,9,16-17H,8,10-11H2,2-4H3;1H. The molecule has 4 nitrogen and oxygen atoms in total. The summed E-state index contributed by atoms with van der Waals surface area (Å²) in [6, 6.07) is 5.67. The van der Waals surface area contributed by atoms with Crippen LogP contribution in [0.1, 0.15) is 19.4 Å². The lowest BCUT2D eigenvalue weighted by Gasteiger charge is -2.23. The Morgan fingerprint density at radius 3 is 2.60 bits per heavy atom. The number of halogens is 1. The SMILES string of the molecule is C#CCOc1ccc(CNC(C)(C)CO)cc1OC.Cl. The topological polar surface area (TPSA) is 50.7 Å². The van der Waals surface area contributed by atoms with Crippen LogP contribution >= 0.6 is 12.4 Å². The van der Waals surface area contributed by atoms with E-state index in [0.29, 0.717) is 18.0 Å². The van der Waals surface area contributed by atoms with Crippen molar-refractivity contribution < 1.29 is 14.6 Å². The first-order chi connectivity index (χ1) is 9.02. The quantitative estimate of drug-likeness (QED) is 0.756. The van der Waals surface area contributed by atoms with Crippen LogP contribution in [0.15, 0.2) is 18.2 Å². The summed E-state index contributed by atoms with van der Waals surface area (Å²) in [7, 11) is 1.59. The Bertz CT molecular complexity index is 455. The van der Waals surface area contributed by atoms with E-state index >= 15 is 0 Å². The van der Waals surface area contributed by atoms with Crippen LogP contribution in [0.3, 0.4) is 0 Å². The van der Waals surface area contributed by atoms with Crippen LogP contribution < -0.4 is 14.8 Å². The monoisotopic (exact) mass is 299 g/mol. The molecule has 0 amide bonds. The van der Waals surface area contributed by atoms with Crippen molar-refractivity contribution >= 4 is 12.4 Å². The molecule has 0 heterocycles. The molecule has 0 fully saturated rings. The third kappa shape index (κ3) is 5.70. The van der Waals surface area contributed by atoms with Gasteiger partial charge in [0.15, 0.2) is 11.5 Å². The number of hydrogen-bond donors (Lipinski definition) is 2. The van der Waals surface area contributed by atoms with Crippen molar-refractivity contribution in [1.29, 1.82) is 0 Å². The molecule has 0 spiro atoms. The van der Waals surface area contributed by atoms with Crippen molar-refractivity contribution in [3.63, 3.8) is 0 Å². The van der Waals surface area contributed by atoms with Gasteiger partial charge in [0, 0.05) is 12.1 Å². The molecule has 1 aromatic rings.